The third-order valence-corrected chi connectivity index (χ3v) is 2.73. The fourth-order valence-electron chi connectivity index (χ4n) is 1.65. The molecule has 100 valence electrons. The predicted molar refractivity (Wildman–Crippen MR) is 59.6 cm³/mol. The zero-order valence-corrected chi connectivity index (χ0v) is 9.83. The van der Waals surface area contributed by atoms with Gasteiger partial charge in [-0.25, -0.2) is 0 Å². The molecule has 1 aromatic carbocycles. The summed E-state index contributed by atoms with van der Waals surface area (Å²) in [6.45, 7) is 2.84. The molecule has 1 aliphatic rings. The summed E-state index contributed by atoms with van der Waals surface area (Å²) in [4.78, 5) is 0. The van der Waals surface area contributed by atoms with Gasteiger partial charge in [-0.3, -0.25) is 0 Å². The third-order valence-electron chi connectivity index (χ3n) is 2.73. The molecule has 0 radical (unpaired) electrons. The highest BCUT2D eigenvalue weighted by molar-refractivity contribution is 5.44. The van der Waals surface area contributed by atoms with Crippen LogP contribution in [-0.2, 0) is 0 Å². The molecule has 3 nitrogen and oxygen atoms in total. The molecule has 6 heteroatoms. The molecule has 2 atom stereocenters. The van der Waals surface area contributed by atoms with Crippen LogP contribution in [0.15, 0.2) is 18.2 Å². The zero-order chi connectivity index (χ0) is 13.3. The molecule has 18 heavy (non-hydrogen) atoms. The molecule has 1 heterocycles. The molecule has 2 N–H and O–H groups in total. The molecule has 1 aromatic rings. The Morgan fingerprint density at radius 3 is 2.44 bits per heavy atom. The lowest BCUT2D eigenvalue weighted by Gasteiger charge is -2.17. The minimum absolute atomic E-state index is 0.0283. The molecule has 0 amide bonds. The second-order valence-corrected chi connectivity index (χ2v) is 4.45. The van der Waals surface area contributed by atoms with Gasteiger partial charge >= 0.3 is 6.18 Å². The zero-order valence-electron chi connectivity index (χ0n) is 9.83. The first-order valence-electron chi connectivity index (χ1n) is 5.60. The van der Waals surface area contributed by atoms with E-state index in [2.05, 4.69) is 0 Å². The van der Waals surface area contributed by atoms with Gasteiger partial charge in [0.25, 0.3) is 0 Å². The van der Waals surface area contributed by atoms with Crippen LogP contribution in [0.1, 0.15) is 18.5 Å². The number of rotatable bonds is 1. The number of ether oxygens (including phenoxy) is 2. The lowest BCUT2D eigenvalue weighted by Crippen LogP contribution is -2.28. The monoisotopic (exact) mass is 261 g/mol. The summed E-state index contributed by atoms with van der Waals surface area (Å²) in [6.07, 6.45) is -4.47. The average Bonchev–Trinajstić information content (AvgIpc) is 2.49. The van der Waals surface area contributed by atoms with Crippen molar-refractivity contribution in [1.29, 1.82) is 0 Å². The van der Waals surface area contributed by atoms with Crippen molar-refractivity contribution in [1.82, 2.24) is 0 Å². The van der Waals surface area contributed by atoms with Crippen molar-refractivity contribution in [3.8, 4) is 11.5 Å². The van der Waals surface area contributed by atoms with Crippen molar-refractivity contribution in [2.75, 3.05) is 13.2 Å². The van der Waals surface area contributed by atoms with Crippen molar-refractivity contribution < 1.29 is 22.6 Å². The van der Waals surface area contributed by atoms with Crippen LogP contribution < -0.4 is 15.2 Å². The second kappa shape index (κ2) is 4.68. The normalized spacial score (nSPS) is 21.3. The van der Waals surface area contributed by atoms with Crippen molar-refractivity contribution in [2.45, 2.75) is 19.1 Å². The van der Waals surface area contributed by atoms with Crippen LogP contribution in [0.2, 0.25) is 0 Å². The van der Waals surface area contributed by atoms with E-state index in [4.69, 9.17) is 15.2 Å². The summed E-state index contributed by atoms with van der Waals surface area (Å²) in [7, 11) is 0. The summed E-state index contributed by atoms with van der Waals surface area (Å²) in [5.74, 6) is 0.964. The maximum atomic E-state index is 12.5. The van der Waals surface area contributed by atoms with Crippen LogP contribution in [0, 0.1) is 5.92 Å². The molecule has 2 rings (SSSR count). The fraction of sp³-hybridized carbons (Fsp3) is 0.500. The highest BCUT2D eigenvalue weighted by Crippen LogP contribution is 2.36. The first-order valence-corrected chi connectivity index (χ1v) is 5.60. The SMILES string of the molecule is CC1COc2ccc(C(N)C(F)(F)F)cc2OC1. The van der Waals surface area contributed by atoms with Gasteiger partial charge in [-0.1, -0.05) is 13.0 Å². The minimum atomic E-state index is -4.47. The highest BCUT2D eigenvalue weighted by Gasteiger charge is 2.38. The number of benzene rings is 1. The Morgan fingerprint density at radius 2 is 1.83 bits per heavy atom. The predicted octanol–water partition coefficient (Wildman–Crippen LogP) is 2.66. The second-order valence-electron chi connectivity index (χ2n) is 4.45. The van der Waals surface area contributed by atoms with E-state index >= 15 is 0 Å². The Labute approximate surface area is 103 Å². The quantitative estimate of drug-likeness (QED) is 0.845. The molecular weight excluding hydrogens is 247 g/mol. The van der Waals surface area contributed by atoms with Gasteiger partial charge in [0.05, 0.1) is 13.2 Å². The molecule has 0 aliphatic carbocycles. The first-order chi connectivity index (χ1) is 8.38. The lowest BCUT2D eigenvalue weighted by atomic mass is 10.1. The summed E-state index contributed by atoms with van der Waals surface area (Å²) in [5, 5.41) is 0. The summed E-state index contributed by atoms with van der Waals surface area (Å²) < 4.78 is 48.4. The van der Waals surface area contributed by atoms with Gasteiger partial charge in [0.1, 0.15) is 6.04 Å². The van der Waals surface area contributed by atoms with Gasteiger partial charge in [-0.15, -0.1) is 0 Å². The summed E-state index contributed by atoms with van der Waals surface area (Å²) in [5.41, 5.74) is 5.12. The molecule has 2 unspecified atom stereocenters. The molecule has 0 fully saturated rings. The van der Waals surface area contributed by atoms with Crippen molar-refractivity contribution in [2.24, 2.45) is 11.7 Å². The van der Waals surface area contributed by atoms with E-state index in [1.807, 2.05) is 6.92 Å². The van der Waals surface area contributed by atoms with E-state index in [0.717, 1.165) is 0 Å². The molecule has 1 aliphatic heterocycles. The third kappa shape index (κ3) is 2.69. The Hall–Kier alpha value is -1.43. The Morgan fingerprint density at radius 1 is 1.22 bits per heavy atom. The van der Waals surface area contributed by atoms with Gasteiger partial charge in [0, 0.05) is 5.92 Å². The number of alkyl halides is 3. The van der Waals surface area contributed by atoms with E-state index in [0.29, 0.717) is 24.7 Å². The van der Waals surface area contributed by atoms with Gasteiger partial charge < -0.3 is 15.2 Å². The minimum Gasteiger partial charge on any atom is -0.489 e. The van der Waals surface area contributed by atoms with E-state index in [-0.39, 0.29) is 11.5 Å². The summed E-state index contributed by atoms with van der Waals surface area (Å²) >= 11 is 0. The molecule has 0 saturated carbocycles. The molecule has 0 bridgehead atoms. The molecule has 0 aromatic heterocycles. The first kappa shape index (κ1) is 13.0. The fourth-order valence-corrected chi connectivity index (χ4v) is 1.65. The Kier molecular flexibility index (Phi) is 3.38. The van der Waals surface area contributed by atoms with Gasteiger partial charge in [-0.05, 0) is 17.7 Å². The van der Waals surface area contributed by atoms with Crippen LogP contribution in [0.5, 0.6) is 11.5 Å². The number of nitrogens with two attached hydrogens (primary N) is 1. The van der Waals surface area contributed by atoms with Crippen LogP contribution >= 0.6 is 0 Å². The lowest BCUT2D eigenvalue weighted by molar-refractivity contribution is -0.149. The van der Waals surface area contributed by atoms with E-state index in [1.165, 1.54) is 18.2 Å². The number of hydrogen-bond donors (Lipinski definition) is 1. The molecular formula is C12H14F3NO2. The summed E-state index contributed by atoms with van der Waals surface area (Å²) in [6, 6.07) is 2.07. The van der Waals surface area contributed by atoms with Crippen molar-refractivity contribution >= 4 is 0 Å². The highest BCUT2D eigenvalue weighted by atomic mass is 19.4. The topological polar surface area (TPSA) is 44.5 Å². The van der Waals surface area contributed by atoms with Crippen molar-refractivity contribution in [3.05, 3.63) is 23.8 Å². The maximum Gasteiger partial charge on any atom is 0.407 e. The average molecular weight is 261 g/mol. The van der Waals surface area contributed by atoms with Crippen LogP contribution in [0.25, 0.3) is 0 Å². The van der Waals surface area contributed by atoms with Crippen LogP contribution in [0.3, 0.4) is 0 Å². The standard InChI is InChI=1S/C12H14F3NO2/c1-7-5-17-9-3-2-8(4-10(9)18-6-7)11(16)12(13,14)15/h2-4,7,11H,5-6,16H2,1H3. The van der Waals surface area contributed by atoms with E-state index in [1.54, 1.807) is 0 Å². The number of halogens is 3. The smallest absolute Gasteiger partial charge is 0.407 e. The number of fused-ring (bicyclic) bond motifs is 1. The van der Waals surface area contributed by atoms with Gasteiger partial charge in [-0.2, -0.15) is 13.2 Å². The van der Waals surface area contributed by atoms with Gasteiger partial charge in [0.15, 0.2) is 11.5 Å². The van der Waals surface area contributed by atoms with Gasteiger partial charge in [0.2, 0.25) is 0 Å². The Bertz CT molecular complexity index is 434. The van der Waals surface area contributed by atoms with E-state index < -0.39 is 12.2 Å². The molecule has 0 spiro atoms. The van der Waals surface area contributed by atoms with E-state index in [9.17, 15) is 13.2 Å². The number of hydrogen-bond acceptors (Lipinski definition) is 3. The maximum absolute atomic E-state index is 12.5. The largest absolute Gasteiger partial charge is 0.489 e. The molecule has 0 saturated heterocycles. The van der Waals surface area contributed by atoms with Crippen molar-refractivity contribution in [3.63, 3.8) is 0 Å². The Balaban J connectivity index is 2.27. The van der Waals surface area contributed by atoms with Crippen LogP contribution in [-0.4, -0.2) is 19.4 Å². The van der Waals surface area contributed by atoms with Crippen LogP contribution in [0.4, 0.5) is 13.2 Å².